The summed E-state index contributed by atoms with van der Waals surface area (Å²) in [6, 6.07) is 7.55. The van der Waals surface area contributed by atoms with Crippen LogP contribution < -0.4 is 0 Å². The molecule has 0 saturated heterocycles. The summed E-state index contributed by atoms with van der Waals surface area (Å²) < 4.78 is 7.80. The van der Waals surface area contributed by atoms with Crippen LogP contribution in [-0.4, -0.2) is 27.6 Å². The minimum atomic E-state index is -0.368. The molecule has 106 valence electrons. The van der Waals surface area contributed by atoms with Crippen LogP contribution in [-0.2, 0) is 11.8 Å². The van der Waals surface area contributed by atoms with Gasteiger partial charge >= 0.3 is 5.97 Å². The molecule has 3 rings (SSSR count). The van der Waals surface area contributed by atoms with Crippen molar-refractivity contribution in [3.8, 4) is 11.4 Å². The number of hydrogen-bond donors (Lipinski definition) is 0. The van der Waals surface area contributed by atoms with Crippen molar-refractivity contribution in [3.05, 3.63) is 45.9 Å². The molecule has 1 aromatic carbocycles. The van der Waals surface area contributed by atoms with E-state index in [9.17, 15) is 4.79 Å². The molecule has 0 bridgehead atoms. The summed E-state index contributed by atoms with van der Waals surface area (Å²) in [6.45, 7) is 0. The molecule has 2 aromatic heterocycles. The maximum absolute atomic E-state index is 12.1. The SMILES string of the molecule is COC(=O)c1cc(-c2cncn2C)nc2ccc(I)cc12. The normalized spacial score (nSPS) is 10.8. The van der Waals surface area contributed by atoms with Gasteiger partial charge in [-0.05, 0) is 46.9 Å². The summed E-state index contributed by atoms with van der Waals surface area (Å²) in [5.41, 5.74) is 2.82. The van der Waals surface area contributed by atoms with E-state index >= 15 is 0 Å². The Labute approximate surface area is 135 Å². The van der Waals surface area contributed by atoms with Gasteiger partial charge in [-0.3, -0.25) is 0 Å². The van der Waals surface area contributed by atoms with Gasteiger partial charge in [-0.25, -0.2) is 14.8 Å². The Kier molecular flexibility index (Phi) is 3.62. The highest BCUT2D eigenvalue weighted by molar-refractivity contribution is 14.1. The topological polar surface area (TPSA) is 57.0 Å². The lowest BCUT2D eigenvalue weighted by atomic mass is 10.1. The highest BCUT2D eigenvalue weighted by Gasteiger charge is 2.15. The molecule has 0 unspecified atom stereocenters. The number of fused-ring (bicyclic) bond motifs is 1. The fourth-order valence-electron chi connectivity index (χ4n) is 2.21. The second-order valence-corrected chi connectivity index (χ2v) is 5.84. The van der Waals surface area contributed by atoms with E-state index in [-0.39, 0.29) is 5.97 Å². The molecule has 0 fully saturated rings. The molecule has 0 atom stereocenters. The van der Waals surface area contributed by atoms with Crippen LogP contribution in [0.4, 0.5) is 0 Å². The second-order valence-electron chi connectivity index (χ2n) is 4.60. The Bertz CT molecular complexity index is 842. The number of benzene rings is 1. The lowest BCUT2D eigenvalue weighted by Crippen LogP contribution is -2.04. The monoisotopic (exact) mass is 393 g/mol. The number of imidazole rings is 1. The van der Waals surface area contributed by atoms with Crippen LogP contribution in [0.3, 0.4) is 0 Å². The van der Waals surface area contributed by atoms with Crippen LogP contribution in [0.25, 0.3) is 22.3 Å². The average Bonchev–Trinajstić information content (AvgIpc) is 2.91. The first-order chi connectivity index (χ1) is 10.1. The van der Waals surface area contributed by atoms with E-state index in [1.54, 1.807) is 18.6 Å². The third kappa shape index (κ3) is 2.51. The van der Waals surface area contributed by atoms with Gasteiger partial charge in [0.1, 0.15) is 0 Å². The third-order valence-electron chi connectivity index (χ3n) is 3.26. The molecular formula is C15H12IN3O2. The van der Waals surface area contributed by atoms with E-state index in [0.29, 0.717) is 11.3 Å². The molecule has 5 nitrogen and oxygen atoms in total. The zero-order chi connectivity index (χ0) is 15.0. The Morgan fingerprint density at radius 1 is 1.33 bits per heavy atom. The molecule has 0 aliphatic heterocycles. The van der Waals surface area contributed by atoms with Gasteiger partial charge in [-0.1, -0.05) is 0 Å². The summed E-state index contributed by atoms with van der Waals surface area (Å²) in [4.78, 5) is 20.8. The molecule has 0 aliphatic rings. The number of aromatic nitrogens is 3. The summed E-state index contributed by atoms with van der Waals surface area (Å²) in [5, 5.41) is 0.791. The van der Waals surface area contributed by atoms with Crippen molar-refractivity contribution in [3.63, 3.8) is 0 Å². The van der Waals surface area contributed by atoms with E-state index in [4.69, 9.17) is 4.74 Å². The molecular weight excluding hydrogens is 381 g/mol. The van der Waals surface area contributed by atoms with Crippen molar-refractivity contribution in [1.29, 1.82) is 0 Å². The van der Waals surface area contributed by atoms with Crippen molar-refractivity contribution in [2.45, 2.75) is 0 Å². The fourth-order valence-corrected chi connectivity index (χ4v) is 2.70. The summed E-state index contributed by atoms with van der Waals surface area (Å²) in [5.74, 6) is -0.368. The molecule has 3 aromatic rings. The van der Waals surface area contributed by atoms with Crippen LogP contribution in [0, 0.1) is 3.57 Å². The Morgan fingerprint density at radius 2 is 2.14 bits per heavy atom. The van der Waals surface area contributed by atoms with Gasteiger partial charge in [0.2, 0.25) is 0 Å². The van der Waals surface area contributed by atoms with E-state index in [1.807, 2.05) is 29.8 Å². The fraction of sp³-hybridized carbons (Fsp3) is 0.133. The number of esters is 1. The lowest BCUT2D eigenvalue weighted by molar-refractivity contribution is 0.0603. The molecule has 0 amide bonds. The molecule has 0 aliphatic carbocycles. The number of carbonyl (C=O) groups excluding carboxylic acids is 1. The summed E-state index contributed by atoms with van der Waals surface area (Å²) in [6.07, 6.45) is 3.43. The number of nitrogens with zero attached hydrogens (tertiary/aromatic N) is 3. The average molecular weight is 393 g/mol. The van der Waals surface area contributed by atoms with Crippen molar-refractivity contribution >= 4 is 39.5 Å². The minimum Gasteiger partial charge on any atom is -0.465 e. The predicted octanol–water partition coefficient (Wildman–Crippen LogP) is 3.03. The number of aryl methyl sites for hydroxylation is 1. The summed E-state index contributed by atoms with van der Waals surface area (Å²) in [7, 11) is 3.27. The molecule has 0 saturated carbocycles. The van der Waals surface area contributed by atoms with E-state index < -0.39 is 0 Å². The van der Waals surface area contributed by atoms with Gasteiger partial charge in [-0.15, -0.1) is 0 Å². The van der Waals surface area contributed by atoms with Crippen LogP contribution >= 0.6 is 22.6 Å². The first-order valence-corrected chi connectivity index (χ1v) is 7.33. The highest BCUT2D eigenvalue weighted by Crippen LogP contribution is 2.26. The van der Waals surface area contributed by atoms with Gasteiger partial charge in [0.05, 0.1) is 42.1 Å². The third-order valence-corrected chi connectivity index (χ3v) is 3.93. The Balaban J connectivity index is 2.32. The number of carbonyl (C=O) groups is 1. The summed E-state index contributed by atoms with van der Waals surface area (Å²) >= 11 is 2.21. The zero-order valence-electron chi connectivity index (χ0n) is 11.5. The van der Waals surface area contributed by atoms with Crippen molar-refractivity contribution in [2.75, 3.05) is 7.11 Å². The quantitative estimate of drug-likeness (QED) is 0.496. The number of hydrogen-bond acceptors (Lipinski definition) is 4. The standard InChI is InChI=1S/C15H12IN3O2/c1-19-8-17-7-14(19)13-6-11(15(20)21-2)10-5-9(16)3-4-12(10)18-13/h3-8H,1-2H3. The number of methoxy groups -OCH3 is 1. The molecule has 0 N–H and O–H groups in total. The number of rotatable bonds is 2. The molecule has 2 heterocycles. The first-order valence-electron chi connectivity index (χ1n) is 6.25. The lowest BCUT2D eigenvalue weighted by Gasteiger charge is -2.09. The van der Waals surface area contributed by atoms with Gasteiger partial charge in [0, 0.05) is 16.0 Å². The smallest absolute Gasteiger partial charge is 0.338 e. The van der Waals surface area contributed by atoms with Crippen LogP contribution in [0.5, 0.6) is 0 Å². The highest BCUT2D eigenvalue weighted by atomic mass is 127. The van der Waals surface area contributed by atoms with Crippen LogP contribution in [0.1, 0.15) is 10.4 Å². The Hall–Kier alpha value is -1.96. The molecule has 21 heavy (non-hydrogen) atoms. The van der Waals surface area contributed by atoms with Gasteiger partial charge in [0.25, 0.3) is 0 Å². The predicted molar refractivity (Wildman–Crippen MR) is 88.0 cm³/mol. The largest absolute Gasteiger partial charge is 0.465 e. The molecule has 0 radical (unpaired) electrons. The van der Waals surface area contributed by atoms with Crippen molar-refractivity contribution in [1.82, 2.24) is 14.5 Å². The van der Waals surface area contributed by atoms with Crippen molar-refractivity contribution < 1.29 is 9.53 Å². The Morgan fingerprint density at radius 3 is 2.81 bits per heavy atom. The van der Waals surface area contributed by atoms with Crippen molar-refractivity contribution in [2.24, 2.45) is 7.05 Å². The molecule has 0 spiro atoms. The maximum atomic E-state index is 12.1. The number of pyridine rings is 1. The van der Waals surface area contributed by atoms with Gasteiger partial charge in [-0.2, -0.15) is 0 Å². The van der Waals surface area contributed by atoms with Crippen LogP contribution in [0.2, 0.25) is 0 Å². The number of ether oxygens (including phenoxy) is 1. The van der Waals surface area contributed by atoms with Crippen LogP contribution in [0.15, 0.2) is 36.8 Å². The van der Waals surface area contributed by atoms with E-state index in [1.165, 1.54) is 7.11 Å². The first kappa shape index (κ1) is 14.0. The number of halogens is 1. The maximum Gasteiger partial charge on any atom is 0.338 e. The molecule has 6 heteroatoms. The van der Waals surface area contributed by atoms with Gasteiger partial charge in [0.15, 0.2) is 0 Å². The minimum absolute atomic E-state index is 0.368. The van der Waals surface area contributed by atoms with E-state index in [2.05, 4.69) is 32.6 Å². The van der Waals surface area contributed by atoms with Gasteiger partial charge < -0.3 is 9.30 Å². The second kappa shape index (κ2) is 5.44. The zero-order valence-corrected chi connectivity index (χ0v) is 13.7. The van der Waals surface area contributed by atoms with E-state index in [0.717, 1.165) is 20.2 Å².